The average molecular weight is 229 g/mol. The molecule has 0 bridgehead atoms. The van der Waals surface area contributed by atoms with Crippen LogP contribution in [0.25, 0.3) is 0 Å². The van der Waals surface area contributed by atoms with Crippen molar-refractivity contribution in [3.8, 4) is 0 Å². The van der Waals surface area contributed by atoms with E-state index in [4.69, 9.17) is 10.9 Å². The predicted octanol–water partition coefficient (Wildman–Crippen LogP) is 0.736. The van der Waals surface area contributed by atoms with Gasteiger partial charge in [-0.25, -0.2) is 13.6 Å². The molecule has 1 aromatic carbocycles. The highest BCUT2D eigenvalue weighted by Gasteiger charge is 2.10. The second-order valence-electron chi connectivity index (χ2n) is 3.63. The first-order chi connectivity index (χ1) is 6.79. The summed E-state index contributed by atoms with van der Waals surface area (Å²) < 4.78 is 22.2. The van der Waals surface area contributed by atoms with E-state index < -0.39 is 10.0 Å². The Kier molecular flexibility index (Phi) is 3.21. The maximum absolute atomic E-state index is 11.1. The Morgan fingerprint density at radius 3 is 2.33 bits per heavy atom. The summed E-state index contributed by atoms with van der Waals surface area (Å²) >= 11 is 0. The summed E-state index contributed by atoms with van der Waals surface area (Å²) in [5.74, 6) is 0. The number of primary sulfonamides is 1. The number of benzene rings is 1. The lowest BCUT2D eigenvalue weighted by Gasteiger charge is -2.11. The maximum Gasteiger partial charge on any atom is 0.238 e. The average Bonchev–Trinajstić information content (AvgIpc) is 1.99. The number of hydrogen-bond acceptors (Lipinski definition) is 4. The number of nitrogens with one attached hydrogen (secondary N) is 1. The summed E-state index contributed by atoms with van der Waals surface area (Å²) in [6.45, 7) is 3.89. The van der Waals surface area contributed by atoms with E-state index in [1.165, 1.54) is 12.1 Å². The molecular formula is C9H15N3O2S. The SMILES string of the molecule is CC(C)Nc1cc(N)cc(S(N)(=O)=O)c1. The van der Waals surface area contributed by atoms with Crippen molar-refractivity contribution in [2.24, 2.45) is 5.14 Å². The van der Waals surface area contributed by atoms with E-state index in [9.17, 15) is 8.42 Å². The van der Waals surface area contributed by atoms with E-state index in [1.54, 1.807) is 6.07 Å². The van der Waals surface area contributed by atoms with E-state index in [0.29, 0.717) is 11.4 Å². The second-order valence-corrected chi connectivity index (χ2v) is 5.20. The van der Waals surface area contributed by atoms with Crippen LogP contribution in [0.1, 0.15) is 13.8 Å². The van der Waals surface area contributed by atoms with Crippen molar-refractivity contribution >= 4 is 21.4 Å². The third-order valence-corrected chi connectivity index (χ3v) is 2.61. The first-order valence-electron chi connectivity index (χ1n) is 4.49. The van der Waals surface area contributed by atoms with E-state index in [1.807, 2.05) is 13.8 Å². The van der Waals surface area contributed by atoms with Gasteiger partial charge in [-0.15, -0.1) is 0 Å². The van der Waals surface area contributed by atoms with Gasteiger partial charge in [-0.05, 0) is 32.0 Å². The van der Waals surface area contributed by atoms with E-state index >= 15 is 0 Å². The molecule has 1 aromatic rings. The summed E-state index contributed by atoms with van der Waals surface area (Å²) in [5, 5.41) is 8.07. The molecule has 0 aliphatic heterocycles. The van der Waals surface area contributed by atoms with Crippen molar-refractivity contribution in [2.45, 2.75) is 24.8 Å². The van der Waals surface area contributed by atoms with Crippen LogP contribution in [0, 0.1) is 0 Å². The van der Waals surface area contributed by atoms with Crippen molar-refractivity contribution in [3.05, 3.63) is 18.2 Å². The molecule has 1 rings (SSSR count). The monoisotopic (exact) mass is 229 g/mol. The Morgan fingerprint density at radius 2 is 1.87 bits per heavy atom. The highest BCUT2D eigenvalue weighted by atomic mass is 32.2. The highest BCUT2D eigenvalue weighted by Crippen LogP contribution is 2.19. The molecule has 0 heterocycles. The van der Waals surface area contributed by atoms with Gasteiger partial charge in [0.2, 0.25) is 10.0 Å². The fourth-order valence-corrected chi connectivity index (χ4v) is 1.79. The lowest BCUT2D eigenvalue weighted by Crippen LogP contribution is -2.14. The first kappa shape index (κ1) is 11.8. The Balaban J connectivity index is 3.17. The molecule has 0 atom stereocenters. The van der Waals surface area contributed by atoms with Gasteiger partial charge in [-0.1, -0.05) is 0 Å². The number of rotatable bonds is 3. The third-order valence-electron chi connectivity index (χ3n) is 1.71. The number of anilines is 2. The molecule has 0 radical (unpaired) electrons. The summed E-state index contributed by atoms with van der Waals surface area (Å²) in [6.07, 6.45) is 0. The number of nitrogens with two attached hydrogens (primary N) is 2. The summed E-state index contributed by atoms with van der Waals surface area (Å²) in [6, 6.07) is 4.65. The van der Waals surface area contributed by atoms with Crippen LogP contribution >= 0.6 is 0 Å². The van der Waals surface area contributed by atoms with Gasteiger partial charge in [0, 0.05) is 17.4 Å². The largest absolute Gasteiger partial charge is 0.399 e. The molecule has 0 amide bonds. The van der Waals surface area contributed by atoms with Crippen molar-refractivity contribution in [3.63, 3.8) is 0 Å². The topological polar surface area (TPSA) is 98.2 Å². The molecule has 5 nitrogen and oxygen atoms in total. The molecule has 0 aliphatic rings. The van der Waals surface area contributed by atoms with E-state index in [-0.39, 0.29) is 10.9 Å². The van der Waals surface area contributed by atoms with E-state index in [2.05, 4.69) is 5.32 Å². The molecule has 5 N–H and O–H groups in total. The minimum absolute atomic E-state index is 0.0191. The van der Waals surface area contributed by atoms with Crippen LogP contribution in [0.5, 0.6) is 0 Å². The Morgan fingerprint density at radius 1 is 1.27 bits per heavy atom. The van der Waals surface area contributed by atoms with Crippen LogP contribution in [0.2, 0.25) is 0 Å². The van der Waals surface area contributed by atoms with Gasteiger partial charge in [-0.2, -0.15) is 0 Å². The molecular weight excluding hydrogens is 214 g/mol. The minimum Gasteiger partial charge on any atom is -0.399 e. The molecule has 0 saturated heterocycles. The van der Waals surface area contributed by atoms with Crippen LogP contribution in [0.4, 0.5) is 11.4 Å². The lowest BCUT2D eigenvalue weighted by atomic mass is 10.2. The van der Waals surface area contributed by atoms with Gasteiger partial charge >= 0.3 is 0 Å². The summed E-state index contributed by atoms with van der Waals surface area (Å²) in [7, 11) is -3.70. The summed E-state index contributed by atoms with van der Waals surface area (Å²) in [4.78, 5) is 0.0191. The van der Waals surface area contributed by atoms with Crippen LogP contribution in [0.3, 0.4) is 0 Å². The Hall–Kier alpha value is -1.27. The van der Waals surface area contributed by atoms with Crippen molar-refractivity contribution in [1.82, 2.24) is 0 Å². The molecule has 15 heavy (non-hydrogen) atoms. The molecule has 0 spiro atoms. The normalized spacial score (nSPS) is 11.7. The molecule has 0 fully saturated rings. The maximum atomic E-state index is 11.1. The molecule has 0 saturated carbocycles. The predicted molar refractivity (Wildman–Crippen MR) is 61.0 cm³/mol. The molecule has 6 heteroatoms. The molecule has 0 unspecified atom stereocenters. The van der Waals surface area contributed by atoms with Gasteiger partial charge in [0.15, 0.2) is 0 Å². The fourth-order valence-electron chi connectivity index (χ4n) is 1.20. The third kappa shape index (κ3) is 3.41. The van der Waals surface area contributed by atoms with Crippen LogP contribution in [-0.2, 0) is 10.0 Å². The van der Waals surface area contributed by atoms with Gasteiger partial charge in [0.1, 0.15) is 0 Å². The van der Waals surface area contributed by atoms with Crippen LogP contribution in [-0.4, -0.2) is 14.5 Å². The van der Waals surface area contributed by atoms with Crippen LogP contribution < -0.4 is 16.2 Å². The van der Waals surface area contributed by atoms with Gasteiger partial charge in [0.25, 0.3) is 0 Å². The van der Waals surface area contributed by atoms with E-state index in [0.717, 1.165) is 0 Å². The zero-order valence-corrected chi connectivity index (χ0v) is 9.51. The minimum atomic E-state index is -3.70. The first-order valence-corrected chi connectivity index (χ1v) is 6.03. The smallest absolute Gasteiger partial charge is 0.238 e. The molecule has 84 valence electrons. The zero-order valence-electron chi connectivity index (χ0n) is 8.69. The van der Waals surface area contributed by atoms with Crippen molar-refractivity contribution < 1.29 is 8.42 Å². The molecule has 0 aliphatic carbocycles. The van der Waals surface area contributed by atoms with Crippen molar-refractivity contribution in [2.75, 3.05) is 11.1 Å². The van der Waals surface area contributed by atoms with Crippen molar-refractivity contribution in [1.29, 1.82) is 0 Å². The fraction of sp³-hybridized carbons (Fsp3) is 0.333. The van der Waals surface area contributed by atoms with Gasteiger partial charge in [-0.3, -0.25) is 0 Å². The lowest BCUT2D eigenvalue weighted by molar-refractivity contribution is 0.598. The number of sulfonamides is 1. The Bertz CT molecular complexity index is 454. The highest BCUT2D eigenvalue weighted by molar-refractivity contribution is 7.89. The standard InChI is InChI=1S/C9H15N3O2S/c1-6(2)12-8-3-7(10)4-9(5-8)15(11,13)14/h3-6,12H,10H2,1-2H3,(H2,11,13,14). The number of nitrogen functional groups attached to an aromatic ring is 1. The zero-order chi connectivity index (χ0) is 11.6. The van der Waals surface area contributed by atoms with Gasteiger partial charge in [0.05, 0.1) is 4.90 Å². The Labute approximate surface area is 89.5 Å². The quantitative estimate of drug-likeness (QED) is 0.666. The van der Waals surface area contributed by atoms with Crippen LogP contribution in [0.15, 0.2) is 23.1 Å². The number of hydrogen-bond donors (Lipinski definition) is 3. The summed E-state index contributed by atoms with van der Waals surface area (Å²) in [5.41, 5.74) is 6.58. The second kappa shape index (κ2) is 4.08. The van der Waals surface area contributed by atoms with Gasteiger partial charge < -0.3 is 11.1 Å². The molecule has 0 aromatic heterocycles.